The second-order valence-electron chi connectivity index (χ2n) is 5.34. The van der Waals surface area contributed by atoms with Gasteiger partial charge in [-0.15, -0.1) is 0 Å². The Labute approximate surface area is 128 Å². The summed E-state index contributed by atoms with van der Waals surface area (Å²) in [6.45, 7) is 8.79. The summed E-state index contributed by atoms with van der Waals surface area (Å²) in [5.74, 6) is -0.0476. The first kappa shape index (κ1) is 17.4. The molecule has 0 spiro atoms. The molecule has 0 aromatic carbocycles. The topological polar surface area (TPSA) is 57.3 Å². The molecule has 5 nitrogen and oxygen atoms in total. The van der Waals surface area contributed by atoms with Crippen molar-refractivity contribution in [2.24, 2.45) is 0 Å². The molecule has 1 unspecified atom stereocenters. The van der Waals surface area contributed by atoms with Crippen molar-refractivity contribution in [3.05, 3.63) is 24.0 Å². The van der Waals surface area contributed by atoms with Crippen molar-refractivity contribution in [2.45, 2.75) is 39.7 Å². The molecule has 1 heterocycles. The molecule has 0 fully saturated rings. The van der Waals surface area contributed by atoms with E-state index in [0.29, 0.717) is 18.2 Å². The fourth-order valence-corrected chi connectivity index (χ4v) is 1.97. The van der Waals surface area contributed by atoms with Crippen molar-refractivity contribution >= 4 is 11.6 Å². The normalized spacial score (nSPS) is 12.2. The van der Waals surface area contributed by atoms with Crippen LogP contribution in [0.1, 0.15) is 44.0 Å². The molecule has 2 N–H and O–H groups in total. The third kappa shape index (κ3) is 5.71. The molecule has 1 aromatic heterocycles. The van der Waals surface area contributed by atoms with Crippen LogP contribution in [0.15, 0.2) is 18.5 Å². The van der Waals surface area contributed by atoms with E-state index >= 15 is 0 Å². The number of anilines is 1. The van der Waals surface area contributed by atoms with E-state index in [1.165, 1.54) is 0 Å². The molecule has 118 valence electrons. The number of amides is 1. The Bertz CT molecular complexity index is 436. The van der Waals surface area contributed by atoms with Crippen LogP contribution in [-0.4, -0.2) is 48.5 Å². The molecular weight excluding hydrogens is 264 g/mol. The van der Waals surface area contributed by atoms with E-state index in [0.717, 1.165) is 31.6 Å². The van der Waals surface area contributed by atoms with E-state index in [-0.39, 0.29) is 5.91 Å². The van der Waals surface area contributed by atoms with E-state index in [1.807, 2.05) is 0 Å². The lowest BCUT2D eigenvalue weighted by atomic mass is 10.2. The van der Waals surface area contributed by atoms with E-state index in [1.54, 1.807) is 18.5 Å². The van der Waals surface area contributed by atoms with Gasteiger partial charge >= 0.3 is 0 Å². The first-order chi connectivity index (χ1) is 10.1. The van der Waals surface area contributed by atoms with Crippen molar-refractivity contribution < 1.29 is 4.79 Å². The molecule has 0 bridgehead atoms. The lowest BCUT2D eigenvalue weighted by Gasteiger charge is -2.23. The summed E-state index contributed by atoms with van der Waals surface area (Å²) in [5.41, 5.74) is 1.46. The van der Waals surface area contributed by atoms with Gasteiger partial charge in [0.2, 0.25) is 0 Å². The largest absolute Gasteiger partial charge is 0.383 e. The van der Waals surface area contributed by atoms with Crippen LogP contribution < -0.4 is 10.6 Å². The summed E-state index contributed by atoms with van der Waals surface area (Å²) < 4.78 is 0. The van der Waals surface area contributed by atoms with Gasteiger partial charge in [-0.05, 0) is 32.9 Å². The van der Waals surface area contributed by atoms with Crippen molar-refractivity contribution in [2.75, 3.05) is 32.0 Å². The van der Waals surface area contributed by atoms with Crippen molar-refractivity contribution in [1.82, 2.24) is 15.2 Å². The summed E-state index contributed by atoms with van der Waals surface area (Å²) in [7, 11) is 2.08. The molecule has 1 atom stereocenters. The van der Waals surface area contributed by atoms with Crippen LogP contribution in [0.3, 0.4) is 0 Å². The van der Waals surface area contributed by atoms with Crippen molar-refractivity contribution in [1.29, 1.82) is 0 Å². The van der Waals surface area contributed by atoms with Crippen LogP contribution >= 0.6 is 0 Å². The zero-order chi connectivity index (χ0) is 15.7. The minimum atomic E-state index is -0.0476. The smallest absolute Gasteiger partial charge is 0.253 e. The number of carbonyl (C=O) groups excluding carboxylic acids is 1. The van der Waals surface area contributed by atoms with Gasteiger partial charge in [-0.1, -0.05) is 13.8 Å². The van der Waals surface area contributed by atoms with Crippen LogP contribution in [0.4, 0.5) is 5.69 Å². The molecule has 21 heavy (non-hydrogen) atoms. The van der Waals surface area contributed by atoms with Gasteiger partial charge < -0.3 is 15.5 Å². The Kier molecular flexibility index (Phi) is 7.75. The number of carbonyl (C=O) groups is 1. The number of nitrogens with one attached hydrogen (secondary N) is 2. The Morgan fingerprint density at radius 2 is 2.14 bits per heavy atom. The molecule has 0 radical (unpaired) electrons. The van der Waals surface area contributed by atoms with Gasteiger partial charge in [0, 0.05) is 31.9 Å². The van der Waals surface area contributed by atoms with E-state index in [2.05, 4.69) is 48.3 Å². The maximum absolute atomic E-state index is 12.3. The van der Waals surface area contributed by atoms with Crippen LogP contribution in [-0.2, 0) is 0 Å². The quantitative estimate of drug-likeness (QED) is 0.733. The average molecular weight is 292 g/mol. The summed E-state index contributed by atoms with van der Waals surface area (Å²) in [6.07, 6.45) is 5.47. The SMILES string of the molecule is CCCNc1cnccc1C(=O)NCCN(C)C(C)CC. The van der Waals surface area contributed by atoms with Gasteiger partial charge in [-0.3, -0.25) is 9.78 Å². The monoisotopic (exact) mass is 292 g/mol. The Morgan fingerprint density at radius 1 is 1.38 bits per heavy atom. The highest BCUT2D eigenvalue weighted by Crippen LogP contribution is 2.13. The molecule has 0 aliphatic heterocycles. The summed E-state index contributed by atoms with van der Waals surface area (Å²) in [6, 6.07) is 2.29. The third-order valence-corrected chi connectivity index (χ3v) is 3.72. The summed E-state index contributed by atoms with van der Waals surface area (Å²) in [5, 5.41) is 6.21. The standard InChI is InChI=1S/C16H28N4O/c1-5-8-18-15-12-17-9-7-14(15)16(21)19-10-11-20(4)13(3)6-2/h7,9,12-13,18H,5-6,8,10-11H2,1-4H3,(H,19,21). The number of aromatic nitrogens is 1. The average Bonchev–Trinajstić information content (AvgIpc) is 2.52. The molecule has 1 aromatic rings. The summed E-state index contributed by atoms with van der Waals surface area (Å²) in [4.78, 5) is 18.6. The lowest BCUT2D eigenvalue weighted by molar-refractivity contribution is 0.0948. The molecule has 1 rings (SSSR count). The number of rotatable bonds is 9. The Balaban J connectivity index is 2.52. The highest BCUT2D eigenvalue weighted by atomic mass is 16.1. The van der Waals surface area contributed by atoms with Crippen molar-refractivity contribution in [3.8, 4) is 0 Å². The molecule has 0 aliphatic rings. The van der Waals surface area contributed by atoms with Crippen LogP contribution in [0.25, 0.3) is 0 Å². The first-order valence-corrected chi connectivity index (χ1v) is 7.76. The van der Waals surface area contributed by atoms with Gasteiger partial charge in [0.15, 0.2) is 0 Å². The van der Waals surface area contributed by atoms with Crippen molar-refractivity contribution in [3.63, 3.8) is 0 Å². The fraction of sp³-hybridized carbons (Fsp3) is 0.625. The molecule has 5 heteroatoms. The summed E-state index contributed by atoms with van der Waals surface area (Å²) >= 11 is 0. The predicted molar refractivity (Wildman–Crippen MR) is 87.7 cm³/mol. The van der Waals surface area contributed by atoms with Crippen LogP contribution in [0.2, 0.25) is 0 Å². The zero-order valence-electron chi connectivity index (χ0n) is 13.6. The second-order valence-corrected chi connectivity index (χ2v) is 5.34. The van der Waals surface area contributed by atoms with E-state index < -0.39 is 0 Å². The molecule has 0 aliphatic carbocycles. The second kappa shape index (κ2) is 9.34. The number of hydrogen-bond donors (Lipinski definition) is 2. The zero-order valence-corrected chi connectivity index (χ0v) is 13.6. The van der Waals surface area contributed by atoms with Gasteiger partial charge in [-0.25, -0.2) is 0 Å². The molecule has 0 saturated heterocycles. The van der Waals surface area contributed by atoms with E-state index in [4.69, 9.17) is 0 Å². The third-order valence-electron chi connectivity index (χ3n) is 3.72. The van der Waals surface area contributed by atoms with Crippen LogP contribution in [0, 0.1) is 0 Å². The fourth-order valence-electron chi connectivity index (χ4n) is 1.97. The molecular formula is C16H28N4O. The van der Waals surface area contributed by atoms with Gasteiger partial charge in [0.25, 0.3) is 5.91 Å². The highest BCUT2D eigenvalue weighted by Gasteiger charge is 2.11. The van der Waals surface area contributed by atoms with Crippen LogP contribution in [0.5, 0.6) is 0 Å². The molecule has 0 saturated carbocycles. The Hall–Kier alpha value is -1.62. The van der Waals surface area contributed by atoms with Gasteiger partial charge in [0.05, 0.1) is 17.4 Å². The number of hydrogen-bond acceptors (Lipinski definition) is 4. The predicted octanol–water partition coefficient (Wildman–Crippen LogP) is 2.36. The maximum Gasteiger partial charge on any atom is 0.253 e. The minimum Gasteiger partial charge on any atom is -0.383 e. The van der Waals surface area contributed by atoms with Gasteiger partial charge in [-0.2, -0.15) is 0 Å². The maximum atomic E-state index is 12.3. The number of likely N-dealkylation sites (N-methyl/N-ethyl adjacent to an activating group) is 1. The minimum absolute atomic E-state index is 0.0476. The highest BCUT2D eigenvalue weighted by molar-refractivity contribution is 5.99. The number of pyridine rings is 1. The van der Waals surface area contributed by atoms with Gasteiger partial charge in [0.1, 0.15) is 0 Å². The van der Waals surface area contributed by atoms with E-state index in [9.17, 15) is 4.79 Å². The molecule has 1 amide bonds. The number of nitrogens with zero attached hydrogens (tertiary/aromatic N) is 2. The Morgan fingerprint density at radius 3 is 2.81 bits per heavy atom. The first-order valence-electron chi connectivity index (χ1n) is 7.76. The lowest BCUT2D eigenvalue weighted by Crippen LogP contribution is -2.37.